The second-order valence-corrected chi connectivity index (χ2v) is 5.08. The van der Waals surface area contributed by atoms with Crippen molar-refractivity contribution in [3.8, 4) is 0 Å². The molecule has 1 aromatic rings. The molecule has 1 heterocycles. The van der Waals surface area contributed by atoms with Crippen LogP contribution in [0.1, 0.15) is 36.2 Å². The van der Waals surface area contributed by atoms with Crippen molar-refractivity contribution in [3.05, 3.63) is 24.2 Å². The highest BCUT2D eigenvalue weighted by Crippen LogP contribution is 2.30. The van der Waals surface area contributed by atoms with Gasteiger partial charge in [0.15, 0.2) is 0 Å². The first-order valence-electron chi connectivity index (χ1n) is 5.82. The Hall–Kier alpha value is -0.980. The molecule has 19 heavy (non-hydrogen) atoms. The fourth-order valence-corrected chi connectivity index (χ4v) is 1.72. The van der Waals surface area contributed by atoms with E-state index >= 15 is 0 Å². The van der Waals surface area contributed by atoms with E-state index in [4.69, 9.17) is 9.15 Å². The van der Waals surface area contributed by atoms with Gasteiger partial charge in [0, 0.05) is 0 Å². The SMILES string of the molecule is O=C(OCCCCCC(Br)C(F)(F)F)c1ccco1. The Labute approximate surface area is 117 Å². The minimum Gasteiger partial charge on any atom is -0.460 e. The van der Waals surface area contributed by atoms with Crippen LogP contribution >= 0.6 is 15.9 Å². The van der Waals surface area contributed by atoms with Crippen LogP contribution in [0.15, 0.2) is 22.8 Å². The van der Waals surface area contributed by atoms with E-state index in [0.717, 1.165) is 0 Å². The van der Waals surface area contributed by atoms with Gasteiger partial charge in [-0.15, -0.1) is 0 Å². The Balaban J connectivity index is 2.04. The predicted octanol–water partition coefficient (Wildman–Crippen LogP) is 4.32. The van der Waals surface area contributed by atoms with Crippen LogP contribution in [0.25, 0.3) is 0 Å². The van der Waals surface area contributed by atoms with Crippen molar-refractivity contribution in [2.24, 2.45) is 0 Å². The summed E-state index contributed by atoms with van der Waals surface area (Å²) in [6.45, 7) is 0.179. The molecule has 0 aromatic carbocycles. The van der Waals surface area contributed by atoms with Crippen LogP contribution in [-0.2, 0) is 4.74 Å². The molecule has 0 aliphatic rings. The minimum atomic E-state index is -4.20. The Bertz CT molecular complexity index is 376. The van der Waals surface area contributed by atoms with E-state index in [1.165, 1.54) is 12.3 Å². The zero-order valence-corrected chi connectivity index (χ0v) is 11.7. The van der Waals surface area contributed by atoms with Gasteiger partial charge in [0.25, 0.3) is 0 Å². The molecule has 0 aliphatic heterocycles. The van der Waals surface area contributed by atoms with E-state index < -0.39 is 17.0 Å². The Kier molecular flexibility index (Phi) is 6.41. The average molecular weight is 343 g/mol. The molecular weight excluding hydrogens is 329 g/mol. The lowest BCUT2D eigenvalue weighted by Gasteiger charge is -2.13. The van der Waals surface area contributed by atoms with Gasteiger partial charge in [-0.1, -0.05) is 28.8 Å². The van der Waals surface area contributed by atoms with Crippen LogP contribution in [0, 0.1) is 0 Å². The summed E-state index contributed by atoms with van der Waals surface area (Å²) in [6, 6.07) is 3.06. The third-order valence-corrected chi connectivity index (χ3v) is 3.39. The third-order valence-electron chi connectivity index (χ3n) is 2.41. The molecule has 0 bridgehead atoms. The van der Waals surface area contributed by atoms with Crippen molar-refractivity contribution in [2.45, 2.75) is 36.7 Å². The number of carbonyl (C=O) groups excluding carboxylic acids is 1. The lowest BCUT2D eigenvalue weighted by atomic mass is 10.1. The highest BCUT2D eigenvalue weighted by atomic mass is 79.9. The first-order chi connectivity index (χ1) is 8.91. The van der Waals surface area contributed by atoms with Gasteiger partial charge in [-0.3, -0.25) is 0 Å². The maximum absolute atomic E-state index is 12.2. The summed E-state index contributed by atoms with van der Waals surface area (Å²) in [5, 5.41) is 0. The molecule has 1 aromatic heterocycles. The van der Waals surface area contributed by atoms with Crippen LogP contribution in [-0.4, -0.2) is 23.6 Å². The van der Waals surface area contributed by atoms with Crippen molar-refractivity contribution >= 4 is 21.9 Å². The maximum atomic E-state index is 12.2. The molecule has 7 heteroatoms. The summed E-state index contributed by atoms with van der Waals surface area (Å²) >= 11 is 2.59. The predicted molar refractivity (Wildman–Crippen MR) is 66.2 cm³/mol. The molecule has 0 amide bonds. The van der Waals surface area contributed by atoms with Gasteiger partial charge in [0.05, 0.1) is 12.9 Å². The first-order valence-corrected chi connectivity index (χ1v) is 6.74. The van der Waals surface area contributed by atoms with Crippen LogP contribution < -0.4 is 0 Å². The van der Waals surface area contributed by atoms with Gasteiger partial charge in [-0.25, -0.2) is 4.79 Å². The molecule has 0 aliphatic carbocycles. The molecule has 0 saturated carbocycles. The molecule has 1 rings (SSSR count). The lowest BCUT2D eigenvalue weighted by molar-refractivity contribution is -0.128. The Morgan fingerprint density at radius 3 is 2.68 bits per heavy atom. The third kappa shape index (κ3) is 6.13. The highest BCUT2D eigenvalue weighted by Gasteiger charge is 2.36. The van der Waals surface area contributed by atoms with E-state index in [2.05, 4.69) is 15.9 Å². The Morgan fingerprint density at radius 2 is 2.11 bits per heavy atom. The molecule has 1 atom stereocenters. The van der Waals surface area contributed by atoms with Crippen molar-refractivity contribution in [1.29, 1.82) is 0 Å². The second kappa shape index (κ2) is 7.57. The van der Waals surface area contributed by atoms with E-state index in [-0.39, 0.29) is 18.8 Å². The monoisotopic (exact) mass is 342 g/mol. The van der Waals surface area contributed by atoms with Crippen LogP contribution in [0.2, 0.25) is 0 Å². The summed E-state index contributed by atoms with van der Waals surface area (Å²) in [5.74, 6) is -0.434. The number of alkyl halides is 4. The zero-order valence-electron chi connectivity index (χ0n) is 10.1. The van der Waals surface area contributed by atoms with Gasteiger partial charge >= 0.3 is 12.1 Å². The highest BCUT2D eigenvalue weighted by molar-refractivity contribution is 9.09. The zero-order chi connectivity index (χ0) is 14.3. The number of carbonyl (C=O) groups is 1. The van der Waals surface area contributed by atoms with Crippen LogP contribution in [0.3, 0.4) is 0 Å². The standard InChI is InChI=1S/C12H14BrF3O3/c13-10(12(14,15)16)6-2-1-3-7-19-11(17)9-5-4-8-18-9/h4-5,8,10H,1-3,6-7H2. The molecule has 108 valence electrons. The summed E-state index contributed by atoms with van der Waals surface area (Å²) in [7, 11) is 0. The smallest absolute Gasteiger partial charge is 0.401 e. The molecule has 0 N–H and O–H groups in total. The topological polar surface area (TPSA) is 39.4 Å². The molecule has 0 radical (unpaired) electrons. The van der Waals surface area contributed by atoms with E-state index in [1.807, 2.05) is 0 Å². The minimum absolute atomic E-state index is 0.0234. The number of halogens is 4. The van der Waals surface area contributed by atoms with E-state index in [0.29, 0.717) is 19.3 Å². The largest absolute Gasteiger partial charge is 0.460 e. The van der Waals surface area contributed by atoms with Gasteiger partial charge in [0.2, 0.25) is 5.76 Å². The fraction of sp³-hybridized carbons (Fsp3) is 0.583. The first kappa shape index (κ1) is 16.1. The second-order valence-electron chi connectivity index (χ2n) is 3.97. The summed E-state index contributed by atoms with van der Waals surface area (Å²) < 4.78 is 46.2. The van der Waals surface area contributed by atoms with Gasteiger partial charge in [-0.05, 0) is 25.0 Å². The number of esters is 1. The van der Waals surface area contributed by atoms with Gasteiger partial charge in [0.1, 0.15) is 4.83 Å². The molecule has 1 unspecified atom stereocenters. The number of hydrogen-bond acceptors (Lipinski definition) is 3. The van der Waals surface area contributed by atoms with Gasteiger partial charge < -0.3 is 9.15 Å². The molecule has 0 fully saturated rings. The number of furan rings is 1. The van der Waals surface area contributed by atoms with Crippen molar-refractivity contribution in [2.75, 3.05) is 6.61 Å². The molecule has 0 saturated heterocycles. The summed E-state index contributed by atoms with van der Waals surface area (Å²) in [6.07, 6.45) is -1.29. The molecule has 3 nitrogen and oxygen atoms in total. The number of rotatable bonds is 7. The molecule has 0 spiro atoms. The van der Waals surface area contributed by atoms with E-state index in [9.17, 15) is 18.0 Å². The lowest BCUT2D eigenvalue weighted by Crippen LogP contribution is -2.22. The summed E-state index contributed by atoms with van der Waals surface area (Å²) in [5.41, 5.74) is 0. The quantitative estimate of drug-likeness (QED) is 0.420. The van der Waals surface area contributed by atoms with E-state index in [1.54, 1.807) is 6.07 Å². The van der Waals surface area contributed by atoms with Crippen molar-refractivity contribution in [1.82, 2.24) is 0 Å². The van der Waals surface area contributed by atoms with Crippen LogP contribution in [0.5, 0.6) is 0 Å². The Morgan fingerprint density at radius 1 is 1.37 bits per heavy atom. The van der Waals surface area contributed by atoms with Crippen LogP contribution in [0.4, 0.5) is 13.2 Å². The average Bonchev–Trinajstić information content (AvgIpc) is 2.85. The van der Waals surface area contributed by atoms with Crippen molar-refractivity contribution < 1.29 is 27.1 Å². The van der Waals surface area contributed by atoms with Crippen molar-refractivity contribution in [3.63, 3.8) is 0 Å². The number of ether oxygens (including phenoxy) is 1. The van der Waals surface area contributed by atoms with Gasteiger partial charge in [-0.2, -0.15) is 13.2 Å². The maximum Gasteiger partial charge on any atom is 0.401 e. The fourth-order valence-electron chi connectivity index (χ4n) is 1.40. The summed E-state index contributed by atoms with van der Waals surface area (Å²) in [4.78, 5) is 9.84. The number of unbranched alkanes of at least 4 members (excludes halogenated alkanes) is 2. The molecular formula is C12H14BrF3O3. The number of hydrogen-bond donors (Lipinski definition) is 0. The normalized spacial score (nSPS) is 13.3.